The summed E-state index contributed by atoms with van der Waals surface area (Å²) < 4.78 is 49.8. The molecule has 2 N–H and O–H groups in total. The molecule has 1 saturated carbocycles. The molecule has 0 amide bonds. The van der Waals surface area contributed by atoms with Crippen molar-refractivity contribution in [2.24, 2.45) is 11.1 Å². The van der Waals surface area contributed by atoms with Crippen LogP contribution in [0.25, 0.3) is 11.3 Å². The van der Waals surface area contributed by atoms with Gasteiger partial charge in [-0.1, -0.05) is 19.3 Å². The van der Waals surface area contributed by atoms with E-state index in [9.17, 15) is 13.2 Å². The zero-order valence-corrected chi connectivity index (χ0v) is 16.8. The number of ether oxygens (including phenoxy) is 2. The first-order valence-electron chi connectivity index (χ1n) is 9.33. The number of aromatic nitrogens is 1. The first kappa shape index (κ1) is 20.9. The number of nitrogens with zero attached hydrogens (tertiary/aromatic N) is 1. The van der Waals surface area contributed by atoms with Crippen molar-refractivity contribution >= 4 is 11.9 Å². The molecule has 4 nitrogen and oxygen atoms in total. The molecule has 0 atom stereocenters. The Morgan fingerprint density at radius 3 is 2.50 bits per heavy atom. The molecule has 0 bridgehead atoms. The zero-order valence-electron chi connectivity index (χ0n) is 16.0. The van der Waals surface area contributed by atoms with Gasteiger partial charge in [0.1, 0.15) is 11.5 Å². The number of alkyl halides is 3. The number of methoxy groups -OCH3 is 1. The fraction of sp³-hybridized carbons (Fsp3) is 0.500. The van der Waals surface area contributed by atoms with E-state index in [1.807, 2.05) is 13.0 Å². The van der Waals surface area contributed by atoms with E-state index in [1.165, 1.54) is 44.6 Å². The molecular formula is C20H25F3N2O2S. The van der Waals surface area contributed by atoms with E-state index >= 15 is 0 Å². The smallest absolute Gasteiger partial charge is 0.496 e. The van der Waals surface area contributed by atoms with Crippen molar-refractivity contribution in [3.05, 3.63) is 30.0 Å². The molecule has 1 aliphatic carbocycles. The third kappa shape index (κ3) is 4.78. The minimum atomic E-state index is -4.75. The quantitative estimate of drug-likeness (QED) is 0.597. The van der Waals surface area contributed by atoms with Crippen molar-refractivity contribution in [3.8, 4) is 22.8 Å². The Bertz CT molecular complexity index is 815. The second-order valence-corrected chi connectivity index (χ2v) is 7.80. The van der Waals surface area contributed by atoms with Gasteiger partial charge in [0.15, 0.2) is 0 Å². The third-order valence-corrected chi connectivity index (χ3v) is 5.96. The standard InChI is InChI=1S/C20H25F3N2O2S/c1-13-19(28-24)11-17(25(13)12-14-6-4-3-5-7-14)16-10-15(27-20(21,22)23)8-9-18(16)26-2/h8-11,14H,3-7,12,24H2,1-2H3. The van der Waals surface area contributed by atoms with Crippen LogP contribution in [0.3, 0.4) is 0 Å². The van der Waals surface area contributed by atoms with Crippen LogP contribution in [0.1, 0.15) is 37.8 Å². The molecule has 2 aromatic rings. The summed E-state index contributed by atoms with van der Waals surface area (Å²) in [6.07, 6.45) is 1.29. The molecule has 1 aliphatic rings. The van der Waals surface area contributed by atoms with Crippen molar-refractivity contribution in [3.63, 3.8) is 0 Å². The van der Waals surface area contributed by atoms with E-state index < -0.39 is 6.36 Å². The average molecular weight is 414 g/mol. The number of hydrogen-bond acceptors (Lipinski definition) is 4. The molecule has 0 unspecified atom stereocenters. The van der Waals surface area contributed by atoms with Crippen LogP contribution in [0.4, 0.5) is 13.2 Å². The van der Waals surface area contributed by atoms with Gasteiger partial charge in [-0.2, -0.15) is 0 Å². The van der Waals surface area contributed by atoms with Gasteiger partial charge in [0.2, 0.25) is 0 Å². The SMILES string of the molecule is COc1ccc(OC(F)(F)F)cc1-c1cc(SN)c(C)n1CC1CCCCC1. The molecule has 154 valence electrons. The first-order valence-corrected chi connectivity index (χ1v) is 10.2. The Kier molecular flexibility index (Phi) is 6.50. The van der Waals surface area contributed by atoms with Crippen molar-refractivity contribution in [2.45, 2.75) is 56.8 Å². The van der Waals surface area contributed by atoms with E-state index in [1.54, 1.807) is 0 Å². The van der Waals surface area contributed by atoms with Crippen LogP contribution in [0, 0.1) is 12.8 Å². The predicted octanol–water partition coefficient (Wildman–Crippen LogP) is 5.92. The molecule has 1 heterocycles. The van der Waals surface area contributed by atoms with Gasteiger partial charge >= 0.3 is 6.36 Å². The Hall–Kier alpha value is -1.80. The second-order valence-electron chi connectivity index (χ2n) is 7.12. The Balaban J connectivity index is 2.04. The zero-order chi connectivity index (χ0) is 20.3. The summed E-state index contributed by atoms with van der Waals surface area (Å²) in [6.45, 7) is 2.80. The minimum absolute atomic E-state index is 0.270. The van der Waals surface area contributed by atoms with Crippen molar-refractivity contribution in [2.75, 3.05) is 7.11 Å². The van der Waals surface area contributed by atoms with Gasteiger partial charge < -0.3 is 14.0 Å². The number of nitrogens with two attached hydrogens (primary N) is 1. The van der Waals surface area contributed by atoms with Crippen LogP contribution in [-0.4, -0.2) is 18.0 Å². The molecule has 0 radical (unpaired) electrons. The van der Waals surface area contributed by atoms with Gasteiger partial charge in [-0.05, 0) is 61.9 Å². The van der Waals surface area contributed by atoms with E-state index in [0.717, 1.165) is 47.6 Å². The summed E-state index contributed by atoms with van der Waals surface area (Å²) in [4.78, 5) is 0.898. The van der Waals surface area contributed by atoms with Crippen molar-refractivity contribution in [1.29, 1.82) is 0 Å². The highest BCUT2D eigenvalue weighted by Crippen LogP contribution is 2.39. The topological polar surface area (TPSA) is 49.4 Å². The lowest BCUT2D eigenvalue weighted by molar-refractivity contribution is -0.274. The molecular weight excluding hydrogens is 389 g/mol. The molecule has 1 aromatic heterocycles. The lowest BCUT2D eigenvalue weighted by Crippen LogP contribution is -2.17. The van der Waals surface area contributed by atoms with Crippen LogP contribution in [0.15, 0.2) is 29.2 Å². The molecule has 3 rings (SSSR count). The van der Waals surface area contributed by atoms with E-state index in [-0.39, 0.29) is 5.75 Å². The summed E-state index contributed by atoms with van der Waals surface area (Å²) in [5, 5.41) is 5.83. The summed E-state index contributed by atoms with van der Waals surface area (Å²) in [7, 11) is 1.50. The lowest BCUT2D eigenvalue weighted by Gasteiger charge is -2.24. The van der Waals surface area contributed by atoms with Gasteiger partial charge in [0, 0.05) is 22.7 Å². The summed E-state index contributed by atoms with van der Waals surface area (Å²) >= 11 is 1.14. The van der Waals surface area contributed by atoms with Gasteiger partial charge in [0.25, 0.3) is 0 Å². The highest BCUT2D eigenvalue weighted by molar-refractivity contribution is 7.97. The highest BCUT2D eigenvalue weighted by atomic mass is 32.2. The van der Waals surface area contributed by atoms with Gasteiger partial charge in [-0.3, -0.25) is 5.14 Å². The van der Waals surface area contributed by atoms with E-state index in [2.05, 4.69) is 9.30 Å². The first-order chi connectivity index (χ1) is 13.3. The number of hydrogen-bond donors (Lipinski definition) is 1. The molecule has 0 saturated heterocycles. The number of benzene rings is 1. The lowest BCUT2D eigenvalue weighted by atomic mass is 9.89. The Morgan fingerprint density at radius 1 is 1.18 bits per heavy atom. The molecule has 28 heavy (non-hydrogen) atoms. The normalized spacial score (nSPS) is 15.6. The Labute approximate surface area is 167 Å². The van der Waals surface area contributed by atoms with Crippen LogP contribution in [0.5, 0.6) is 11.5 Å². The van der Waals surface area contributed by atoms with Crippen LogP contribution in [0.2, 0.25) is 0 Å². The largest absolute Gasteiger partial charge is 0.573 e. The molecule has 8 heteroatoms. The van der Waals surface area contributed by atoms with Gasteiger partial charge in [-0.15, -0.1) is 13.2 Å². The van der Waals surface area contributed by atoms with Crippen LogP contribution < -0.4 is 14.6 Å². The van der Waals surface area contributed by atoms with E-state index in [0.29, 0.717) is 17.2 Å². The van der Waals surface area contributed by atoms with Gasteiger partial charge in [-0.25, -0.2) is 0 Å². The fourth-order valence-corrected chi connectivity index (χ4v) is 4.37. The Morgan fingerprint density at radius 2 is 1.89 bits per heavy atom. The molecule has 0 aliphatic heterocycles. The summed E-state index contributed by atoms with van der Waals surface area (Å²) in [5.41, 5.74) is 2.36. The fourth-order valence-electron chi connectivity index (χ4n) is 3.91. The summed E-state index contributed by atoms with van der Waals surface area (Å²) in [6, 6.07) is 6.05. The van der Waals surface area contributed by atoms with Crippen LogP contribution in [-0.2, 0) is 6.54 Å². The summed E-state index contributed by atoms with van der Waals surface area (Å²) in [5.74, 6) is 0.772. The third-order valence-electron chi connectivity index (χ3n) is 5.29. The predicted molar refractivity (Wildman–Crippen MR) is 104 cm³/mol. The highest BCUT2D eigenvalue weighted by Gasteiger charge is 2.31. The van der Waals surface area contributed by atoms with Gasteiger partial charge in [0.05, 0.1) is 12.8 Å². The van der Waals surface area contributed by atoms with E-state index in [4.69, 9.17) is 9.88 Å². The van der Waals surface area contributed by atoms with Crippen LogP contribution >= 0.6 is 11.9 Å². The molecule has 1 aromatic carbocycles. The number of rotatable bonds is 6. The molecule has 0 spiro atoms. The van der Waals surface area contributed by atoms with Crippen molar-refractivity contribution < 1.29 is 22.6 Å². The monoisotopic (exact) mass is 414 g/mol. The minimum Gasteiger partial charge on any atom is -0.496 e. The van der Waals surface area contributed by atoms with Crippen molar-refractivity contribution in [1.82, 2.24) is 4.57 Å². The second kappa shape index (κ2) is 8.69. The maximum absolute atomic E-state index is 12.7. The number of halogens is 3. The molecule has 1 fully saturated rings. The maximum atomic E-state index is 12.7. The average Bonchev–Trinajstić information content (AvgIpc) is 2.97. The maximum Gasteiger partial charge on any atom is 0.573 e.